The Bertz CT molecular complexity index is 391. The molecule has 2 aliphatic rings. The van der Waals surface area contributed by atoms with Gasteiger partial charge in [0.15, 0.2) is 0 Å². The number of likely N-dealkylation sites (tertiary alicyclic amines) is 1. The molecule has 21 heavy (non-hydrogen) atoms. The molecule has 120 valence electrons. The number of hydrogen-bond acceptors (Lipinski definition) is 3. The smallest absolute Gasteiger partial charge is 0.225 e. The van der Waals surface area contributed by atoms with Crippen LogP contribution in [0.1, 0.15) is 58.8 Å². The standard InChI is InChI=1S/C16H28N2O3/c1-3-6-12(2)18-10-13(9-14(18)19)15(20)17-11-16(21)7-4-5-8-16/h12-13,21H,3-11H2,1-2H3,(H,17,20). The summed E-state index contributed by atoms with van der Waals surface area (Å²) in [5, 5.41) is 13.1. The van der Waals surface area contributed by atoms with Crippen molar-refractivity contribution in [1.82, 2.24) is 10.2 Å². The minimum atomic E-state index is -0.729. The van der Waals surface area contributed by atoms with Gasteiger partial charge in [-0.15, -0.1) is 0 Å². The molecule has 1 aliphatic carbocycles. The van der Waals surface area contributed by atoms with Gasteiger partial charge >= 0.3 is 0 Å². The lowest BCUT2D eigenvalue weighted by Crippen LogP contribution is -2.43. The molecule has 2 rings (SSSR count). The van der Waals surface area contributed by atoms with E-state index in [2.05, 4.69) is 12.2 Å². The zero-order chi connectivity index (χ0) is 15.5. The lowest BCUT2D eigenvalue weighted by atomic mass is 10.0. The first-order chi connectivity index (χ1) is 9.95. The fourth-order valence-electron chi connectivity index (χ4n) is 3.51. The molecule has 2 atom stereocenters. The monoisotopic (exact) mass is 296 g/mol. The molecule has 0 aromatic rings. The summed E-state index contributed by atoms with van der Waals surface area (Å²) in [5.74, 6) is -0.271. The van der Waals surface area contributed by atoms with E-state index >= 15 is 0 Å². The molecule has 0 aromatic carbocycles. The first kappa shape index (κ1) is 16.3. The number of aliphatic hydroxyl groups is 1. The van der Waals surface area contributed by atoms with Crippen molar-refractivity contribution in [2.24, 2.45) is 5.92 Å². The number of hydrogen-bond donors (Lipinski definition) is 2. The fourth-order valence-corrected chi connectivity index (χ4v) is 3.51. The maximum atomic E-state index is 12.2. The highest BCUT2D eigenvalue weighted by Crippen LogP contribution is 2.29. The van der Waals surface area contributed by atoms with Gasteiger partial charge in [-0.2, -0.15) is 0 Å². The van der Waals surface area contributed by atoms with Crippen LogP contribution in [0, 0.1) is 5.92 Å². The molecule has 5 heteroatoms. The highest BCUT2D eigenvalue weighted by Gasteiger charge is 2.37. The molecule has 0 spiro atoms. The molecule has 0 radical (unpaired) electrons. The van der Waals surface area contributed by atoms with Gasteiger partial charge in [0.1, 0.15) is 0 Å². The van der Waals surface area contributed by atoms with Crippen LogP contribution in [-0.2, 0) is 9.59 Å². The van der Waals surface area contributed by atoms with Crippen LogP contribution in [0.25, 0.3) is 0 Å². The minimum Gasteiger partial charge on any atom is -0.388 e. The Labute approximate surface area is 127 Å². The molecule has 1 saturated heterocycles. The Balaban J connectivity index is 1.82. The van der Waals surface area contributed by atoms with Gasteiger partial charge in [0.2, 0.25) is 11.8 Å². The number of rotatable bonds is 6. The highest BCUT2D eigenvalue weighted by atomic mass is 16.3. The molecule has 1 saturated carbocycles. The van der Waals surface area contributed by atoms with Crippen LogP contribution in [-0.4, -0.2) is 46.6 Å². The molecule has 2 N–H and O–H groups in total. The highest BCUT2D eigenvalue weighted by molar-refractivity contribution is 5.89. The molecule has 0 aromatic heterocycles. The summed E-state index contributed by atoms with van der Waals surface area (Å²) in [5.41, 5.74) is -0.729. The van der Waals surface area contributed by atoms with Crippen LogP contribution >= 0.6 is 0 Å². The van der Waals surface area contributed by atoms with Gasteiger partial charge in [0.25, 0.3) is 0 Å². The Hall–Kier alpha value is -1.10. The van der Waals surface area contributed by atoms with E-state index in [4.69, 9.17) is 0 Å². The third-order valence-corrected chi connectivity index (χ3v) is 4.89. The van der Waals surface area contributed by atoms with Crippen LogP contribution in [0.4, 0.5) is 0 Å². The van der Waals surface area contributed by atoms with Crippen molar-refractivity contribution in [2.45, 2.75) is 70.4 Å². The van der Waals surface area contributed by atoms with E-state index in [0.29, 0.717) is 19.5 Å². The summed E-state index contributed by atoms with van der Waals surface area (Å²) in [6.45, 7) is 4.98. The van der Waals surface area contributed by atoms with Crippen molar-refractivity contribution in [2.75, 3.05) is 13.1 Å². The second kappa shape index (κ2) is 6.77. The lowest BCUT2D eigenvalue weighted by Gasteiger charge is -2.25. The summed E-state index contributed by atoms with van der Waals surface area (Å²) in [7, 11) is 0. The molecule has 1 aliphatic heterocycles. The summed E-state index contributed by atoms with van der Waals surface area (Å²) in [6, 6.07) is 0.208. The SMILES string of the molecule is CCCC(C)N1CC(C(=O)NCC2(O)CCCC2)CC1=O. The molecular formula is C16H28N2O3. The van der Waals surface area contributed by atoms with Crippen LogP contribution in [0.3, 0.4) is 0 Å². The Kier molecular flexibility index (Phi) is 5.25. The fraction of sp³-hybridized carbons (Fsp3) is 0.875. The number of amides is 2. The molecule has 2 unspecified atom stereocenters. The van der Waals surface area contributed by atoms with E-state index in [9.17, 15) is 14.7 Å². The second-order valence-electron chi connectivity index (χ2n) is 6.73. The van der Waals surface area contributed by atoms with Crippen molar-refractivity contribution in [3.05, 3.63) is 0 Å². The van der Waals surface area contributed by atoms with Crippen LogP contribution < -0.4 is 5.32 Å². The third-order valence-electron chi connectivity index (χ3n) is 4.89. The number of nitrogens with one attached hydrogen (secondary N) is 1. The zero-order valence-corrected chi connectivity index (χ0v) is 13.2. The summed E-state index contributed by atoms with van der Waals surface area (Å²) >= 11 is 0. The van der Waals surface area contributed by atoms with Gasteiger partial charge in [-0.1, -0.05) is 26.2 Å². The predicted molar refractivity (Wildman–Crippen MR) is 80.6 cm³/mol. The first-order valence-electron chi connectivity index (χ1n) is 8.25. The largest absolute Gasteiger partial charge is 0.388 e. The van der Waals surface area contributed by atoms with E-state index in [1.165, 1.54) is 0 Å². The molecule has 1 heterocycles. The number of nitrogens with zero attached hydrogens (tertiary/aromatic N) is 1. The van der Waals surface area contributed by atoms with E-state index in [1.54, 1.807) is 0 Å². The molecule has 0 bridgehead atoms. The average molecular weight is 296 g/mol. The van der Waals surface area contributed by atoms with Crippen LogP contribution in [0.15, 0.2) is 0 Å². The van der Waals surface area contributed by atoms with E-state index < -0.39 is 5.60 Å². The molecule has 5 nitrogen and oxygen atoms in total. The van der Waals surface area contributed by atoms with Crippen molar-refractivity contribution < 1.29 is 14.7 Å². The maximum Gasteiger partial charge on any atom is 0.225 e. The Morgan fingerprint density at radius 1 is 1.48 bits per heavy atom. The van der Waals surface area contributed by atoms with E-state index in [-0.39, 0.29) is 23.8 Å². The number of carbonyl (C=O) groups excluding carboxylic acids is 2. The third kappa shape index (κ3) is 3.96. The summed E-state index contributed by atoms with van der Waals surface area (Å²) in [6.07, 6.45) is 5.88. The van der Waals surface area contributed by atoms with Gasteiger partial charge in [0, 0.05) is 25.6 Å². The number of carbonyl (C=O) groups is 2. The van der Waals surface area contributed by atoms with E-state index in [1.807, 2.05) is 11.8 Å². The second-order valence-corrected chi connectivity index (χ2v) is 6.73. The average Bonchev–Trinajstić information content (AvgIpc) is 3.03. The van der Waals surface area contributed by atoms with Crippen LogP contribution in [0.5, 0.6) is 0 Å². The normalized spacial score (nSPS) is 26.1. The van der Waals surface area contributed by atoms with Crippen molar-refractivity contribution >= 4 is 11.8 Å². The van der Waals surface area contributed by atoms with Crippen molar-refractivity contribution in [1.29, 1.82) is 0 Å². The molecular weight excluding hydrogens is 268 g/mol. The van der Waals surface area contributed by atoms with Crippen LogP contribution in [0.2, 0.25) is 0 Å². The van der Waals surface area contributed by atoms with Gasteiger partial charge in [-0.3, -0.25) is 9.59 Å². The van der Waals surface area contributed by atoms with E-state index in [0.717, 1.165) is 38.5 Å². The van der Waals surface area contributed by atoms with Crippen molar-refractivity contribution in [3.63, 3.8) is 0 Å². The zero-order valence-electron chi connectivity index (χ0n) is 13.2. The minimum absolute atomic E-state index is 0.0793. The maximum absolute atomic E-state index is 12.2. The Morgan fingerprint density at radius 3 is 2.76 bits per heavy atom. The van der Waals surface area contributed by atoms with Gasteiger partial charge in [-0.25, -0.2) is 0 Å². The van der Waals surface area contributed by atoms with Crippen molar-refractivity contribution in [3.8, 4) is 0 Å². The molecule has 2 amide bonds. The quantitative estimate of drug-likeness (QED) is 0.779. The van der Waals surface area contributed by atoms with Gasteiger partial charge in [0.05, 0.1) is 11.5 Å². The summed E-state index contributed by atoms with van der Waals surface area (Å²) < 4.78 is 0. The van der Waals surface area contributed by atoms with Gasteiger partial charge in [-0.05, 0) is 26.2 Å². The summed E-state index contributed by atoms with van der Waals surface area (Å²) in [4.78, 5) is 26.1. The van der Waals surface area contributed by atoms with Gasteiger partial charge < -0.3 is 15.3 Å². The molecule has 2 fully saturated rings. The topological polar surface area (TPSA) is 69.6 Å². The Morgan fingerprint density at radius 2 is 2.14 bits per heavy atom. The predicted octanol–water partition coefficient (Wildman–Crippen LogP) is 1.44. The first-order valence-corrected chi connectivity index (χ1v) is 8.25. The lowest BCUT2D eigenvalue weighted by molar-refractivity contribution is -0.130.